The lowest BCUT2D eigenvalue weighted by Crippen LogP contribution is -2.12. The lowest BCUT2D eigenvalue weighted by Gasteiger charge is -2.07. The van der Waals surface area contributed by atoms with Gasteiger partial charge in [-0.2, -0.15) is 5.10 Å². The predicted molar refractivity (Wildman–Crippen MR) is 86.3 cm³/mol. The van der Waals surface area contributed by atoms with E-state index in [1.54, 1.807) is 26.1 Å². The molecule has 0 fully saturated rings. The number of hydrogen-bond acceptors (Lipinski definition) is 4. The van der Waals surface area contributed by atoms with Crippen LogP contribution in [-0.2, 0) is 13.5 Å². The number of azide groups is 1. The minimum absolute atomic E-state index is 0.382. The summed E-state index contributed by atoms with van der Waals surface area (Å²) in [5.74, 6) is -0.0567. The van der Waals surface area contributed by atoms with Gasteiger partial charge in [-0.1, -0.05) is 36.7 Å². The van der Waals surface area contributed by atoms with Gasteiger partial charge in [-0.3, -0.25) is 0 Å². The normalized spacial score (nSPS) is 11.7. The van der Waals surface area contributed by atoms with Crippen molar-refractivity contribution in [1.29, 1.82) is 0 Å². The second kappa shape index (κ2) is 6.98. The highest BCUT2D eigenvalue weighted by Crippen LogP contribution is 2.29. The van der Waals surface area contributed by atoms with Crippen LogP contribution in [-0.4, -0.2) is 15.7 Å². The molecule has 1 unspecified atom stereocenters. The number of benzene rings is 1. The smallest absolute Gasteiger partial charge is 0.344 e. The van der Waals surface area contributed by atoms with E-state index in [1.165, 1.54) is 4.68 Å². The zero-order chi connectivity index (χ0) is 17.0. The van der Waals surface area contributed by atoms with Crippen molar-refractivity contribution in [2.75, 3.05) is 0 Å². The van der Waals surface area contributed by atoms with Crippen molar-refractivity contribution < 1.29 is 9.53 Å². The molecule has 0 amide bonds. The van der Waals surface area contributed by atoms with Crippen LogP contribution in [0.4, 0.5) is 0 Å². The van der Waals surface area contributed by atoms with E-state index in [1.807, 2.05) is 26.0 Å². The predicted octanol–water partition coefficient (Wildman–Crippen LogP) is 3.88. The van der Waals surface area contributed by atoms with Crippen molar-refractivity contribution in [3.05, 3.63) is 57.1 Å². The summed E-state index contributed by atoms with van der Waals surface area (Å²) in [6.07, 6.45) is 0.616. The van der Waals surface area contributed by atoms with Gasteiger partial charge in [0.15, 0.2) is 0 Å². The number of aryl methyl sites for hydroxylation is 2. The molecule has 0 radical (unpaired) electrons. The largest absolute Gasteiger partial charge is 0.404 e. The summed E-state index contributed by atoms with van der Waals surface area (Å²) in [6, 6.07) is 6.74. The van der Waals surface area contributed by atoms with Crippen LogP contribution in [0.3, 0.4) is 0 Å². The molecular formula is C16H19N5O2. The molecule has 120 valence electrons. The SMILES string of the molecule is CCc1c(C(C)N=[N+]=[N-])nn(C)c1OC(=O)c1ccc(C)cc1. The van der Waals surface area contributed by atoms with Gasteiger partial charge in [-0.25, -0.2) is 9.48 Å². The molecule has 1 heterocycles. The molecule has 7 heteroatoms. The molecule has 2 aromatic rings. The Morgan fingerprint density at radius 3 is 2.65 bits per heavy atom. The topological polar surface area (TPSA) is 92.9 Å². The highest BCUT2D eigenvalue weighted by atomic mass is 16.5. The summed E-state index contributed by atoms with van der Waals surface area (Å²) in [6.45, 7) is 5.65. The van der Waals surface area contributed by atoms with Gasteiger partial charge in [0.05, 0.1) is 17.3 Å². The molecule has 23 heavy (non-hydrogen) atoms. The maximum Gasteiger partial charge on any atom is 0.344 e. The van der Waals surface area contributed by atoms with E-state index in [4.69, 9.17) is 10.3 Å². The molecule has 0 N–H and O–H groups in total. The highest BCUT2D eigenvalue weighted by molar-refractivity contribution is 5.91. The maximum absolute atomic E-state index is 12.3. The molecular weight excluding hydrogens is 294 g/mol. The zero-order valence-corrected chi connectivity index (χ0v) is 13.6. The molecule has 0 bridgehead atoms. The maximum atomic E-state index is 12.3. The Kier molecular flexibility index (Phi) is 5.03. The van der Waals surface area contributed by atoms with Gasteiger partial charge in [0.2, 0.25) is 5.88 Å². The fraction of sp³-hybridized carbons (Fsp3) is 0.375. The summed E-state index contributed by atoms with van der Waals surface area (Å²) in [5.41, 5.74) is 11.5. The Morgan fingerprint density at radius 2 is 2.09 bits per heavy atom. The molecule has 0 aliphatic rings. The Morgan fingerprint density at radius 1 is 1.43 bits per heavy atom. The van der Waals surface area contributed by atoms with Gasteiger partial charge in [0.25, 0.3) is 0 Å². The summed E-state index contributed by atoms with van der Waals surface area (Å²) in [4.78, 5) is 15.1. The second-order valence-corrected chi connectivity index (χ2v) is 5.28. The number of hydrogen-bond donors (Lipinski definition) is 0. The number of ether oxygens (including phenoxy) is 1. The molecule has 0 saturated heterocycles. The quantitative estimate of drug-likeness (QED) is 0.363. The van der Waals surface area contributed by atoms with Gasteiger partial charge in [0.1, 0.15) is 0 Å². The van der Waals surface area contributed by atoms with E-state index >= 15 is 0 Å². The third kappa shape index (κ3) is 3.52. The molecule has 1 aromatic heterocycles. The van der Waals surface area contributed by atoms with Crippen LogP contribution in [0, 0.1) is 6.92 Å². The van der Waals surface area contributed by atoms with Crippen LogP contribution in [0.1, 0.15) is 47.1 Å². The first-order valence-corrected chi connectivity index (χ1v) is 7.36. The first kappa shape index (κ1) is 16.6. The van der Waals surface area contributed by atoms with E-state index in [9.17, 15) is 4.79 Å². The fourth-order valence-corrected chi connectivity index (χ4v) is 2.34. The molecule has 7 nitrogen and oxygen atoms in total. The van der Waals surface area contributed by atoms with Crippen molar-refractivity contribution in [3.63, 3.8) is 0 Å². The van der Waals surface area contributed by atoms with Crippen LogP contribution in [0.15, 0.2) is 29.4 Å². The van der Waals surface area contributed by atoms with Crippen LogP contribution in [0.2, 0.25) is 0 Å². The zero-order valence-electron chi connectivity index (χ0n) is 13.6. The van der Waals surface area contributed by atoms with Gasteiger partial charge < -0.3 is 4.74 Å². The first-order valence-electron chi connectivity index (χ1n) is 7.36. The van der Waals surface area contributed by atoms with Crippen LogP contribution in [0.25, 0.3) is 10.4 Å². The summed E-state index contributed by atoms with van der Waals surface area (Å²) in [5, 5.41) is 8.00. The molecule has 1 atom stereocenters. The van der Waals surface area contributed by atoms with Crippen molar-refractivity contribution in [1.82, 2.24) is 9.78 Å². The van der Waals surface area contributed by atoms with Gasteiger partial charge in [-0.05, 0) is 31.0 Å². The molecule has 0 aliphatic heterocycles. The average Bonchev–Trinajstić information content (AvgIpc) is 2.84. The van der Waals surface area contributed by atoms with Crippen LogP contribution < -0.4 is 4.74 Å². The standard InChI is InChI=1S/C16H19N5O2/c1-5-13-14(11(3)18-20-17)19-21(4)15(13)23-16(22)12-8-6-10(2)7-9-12/h6-9,11H,5H2,1-4H3. The molecule has 0 saturated carbocycles. The second-order valence-electron chi connectivity index (χ2n) is 5.28. The van der Waals surface area contributed by atoms with Crippen molar-refractivity contribution in [2.45, 2.75) is 33.2 Å². The average molecular weight is 313 g/mol. The highest BCUT2D eigenvalue weighted by Gasteiger charge is 2.22. The number of aromatic nitrogens is 2. The van der Waals surface area contributed by atoms with Crippen molar-refractivity contribution in [2.24, 2.45) is 12.2 Å². The lowest BCUT2D eigenvalue weighted by molar-refractivity contribution is 0.0718. The Labute approximate surface area is 134 Å². The summed E-state index contributed by atoms with van der Waals surface area (Å²) >= 11 is 0. The van der Waals surface area contributed by atoms with Crippen LogP contribution >= 0.6 is 0 Å². The van der Waals surface area contributed by atoms with E-state index in [-0.39, 0.29) is 0 Å². The molecule has 1 aromatic carbocycles. The van der Waals surface area contributed by atoms with Crippen LogP contribution in [0.5, 0.6) is 5.88 Å². The third-order valence-electron chi connectivity index (χ3n) is 3.57. The summed E-state index contributed by atoms with van der Waals surface area (Å²) in [7, 11) is 1.70. The van der Waals surface area contributed by atoms with E-state index in [0.29, 0.717) is 23.6 Å². The molecule has 0 aliphatic carbocycles. The van der Waals surface area contributed by atoms with Crippen molar-refractivity contribution >= 4 is 5.97 Å². The Hall–Kier alpha value is -2.79. The number of carbonyl (C=O) groups excluding carboxylic acids is 1. The minimum Gasteiger partial charge on any atom is -0.404 e. The number of carbonyl (C=O) groups is 1. The number of esters is 1. The van der Waals surface area contributed by atoms with Gasteiger partial charge >= 0.3 is 5.97 Å². The number of nitrogens with zero attached hydrogens (tertiary/aromatic N) is 5. The van der Waals surface area contributed by atoms with Gasteiger partial charge in [-0.15, -0.1) is 0 Å². The van der Waals surface area contributed by atoms with Crippen molar-refractivity contribution in [3.8, 4) is 5.88 Å². The first-order chi connectivity index (χ1) is 11.0. The van der Waals surface area contributed by atoms with Gasteiger partial charge in [0, 0.05) is 17.5 Å². The third-order valence-corrected chi connectivity index (χ3v) is 3.57. The van der Waals surface area contributed by atoms with E-state index < -0.39 is 12.0 Å². The minimum atomic E-state index is -0.439. The molecule has 0 spiro atoms. The lowest BCUT2D eigenvalue weighted by atomic mass is 10.1. The van der Waals surface area contributed by atoms with E-state index in [0.717, 1.165) is 11.1 Å². The number of rotatable bonds is 5. The van der Waals surface area contributed by atoms with E-state index in [2.05, 4.69) is 15.1 Å². The summed E-state index contributed by atoms with van der Waals surface area (Å²) < 4.78 is 7.03. The Bertz CT molecular complexity index is 758. The monoisotopic (exact) mass is 313 g/mol. The Balaban J connectivity index is 2.34. The molecule has 2 rings (SSSR count). The fourth-order valence-electron chi connectivity index (χ4n) is 2.34.